The highest BCUT2D eigenvalue weighted by molar-refractivity contribution is 9.10. The van der Waals surface area contributed by atoms with E-state index in [1.807, 2.05) is 0 Å². The van der Waals surface area contributed by atoms with Gasteiger partial charge in [-0.05, 0) is 30.5 Å². The van der Waals surface area contributed by atoms with Gasteiger partial charge in [0, 0.05) is 4.47 Å². The number of carbonyl (C=O) groups excluding carboxylic acids is 1. The molecule has 1 N–H and O–H groups in total. The number of hydrogen-bond acceptors (Lipinski definition) is 4. The van der Waals surface area contributed by atoms with Crippen molar-refractivity contribution in [3.05, 3.63) is 22.2 Å². The van der Waals surface area contributed by atoms with Gasteiger partial charge in [0.1, 0.15) is 0 Å². The van der Waals surface area contributed by atoms with Crippen LogP contribution in [0.5, 0.6) is 11.5 Å². The van der Waals surface area contributed by atoms with Gasteiger partial charge in [0.05, 0.1) is 12.6 Å². The predicted molar refractivity (Wildman–Crippen MR) is 70.6 cm³/mol. The first kappa shape index (κ1) is 13.1. The molecule has 1 aliphatic carbocycles. The molecule has 96 valence electrons. The van der Waals surface area contributed by atoms with Crippen molar-refractivity contribution in [2.45, 2.75) is 31.2 Å². The lowest BCUT2D eigenvalue weighted by atomic mass is 9.88. The summed E-state index contributed by atoms with van der Waals surface area (Å²) in [4.78, 5) is 14.7. The van der Waals surface area contributed by atoms with Crippen molar-refractivity contribution in [1.82, 2.24) is 0 Å². The number of hydrogen-bond donors (Lipinski definition) is 1. The van der Waals surface area contributed by atoms with Crippen LogP contribution in [0.2, 0.25) is 0 Å². The second-order valence-corrected chi connectivity index (χ2v) is 5.30. The van der Waals surface area contributed by atoms with Gasteiger partial charge in [0.25, 0.3) is 0 Å². The number of ether oxygens (including phenoxy) is 1. The maximum absolute atomic E-state index is 10.7. The molecule has 0 bridgehead atoms. The van der Waals surface area contributed by atoms with E-state index in [9.17, 15) is 9.90 Å². The van der Waals surface area contributed by atoms with Crippen LogP contribution < -0.4 is 4.74 Å². The minimum atomic E-state index is -0.526. The average molecular weight is 312 g/mol. The van der Waals surface area contributed by atoms with E-state index < -0.39 is 5.54 Å². The summed E-state index contributed by atoms with van der Waals surface area (Å²) in [5.41, 5.74) is 0.347. The van der Waals surface area contributed by atoms with Crippen LogP contribution in [-0.4, -0.2) is 18.3 Å². The van der Waals surface area contributed by atoms with E-state index in [1.54, 1.807) is 18.2 Å². The molecule has 0 heterocycles. The minimum Gasteiger partial charge on any atom is -0.504 e. The Morgan fingerprint density at radius 1 is 1.44 bits per heavy atom. The Balaban J connectivity index is 2.57. The first-order valence-corrected chi connectivity index (χ1v) is 6.58. The molecule has 0 unspecified atom stereocenters. The first-order valence-electron chi connectivity index (χ1n) is 5.79. The normalized spacial score (nSPS) is 17.2. The third-order valence-corrected chi connectivity index (χ3v) is 4.12. The van der Waals surface area contributed by atoms with Gasteiger partial charge >= 0.3 is 0 Å². The Bertz CT molecular complexity index is 503. The van der Waals surface area contributed by atoms with Crippen LogP contribution in [0.3, 0.4) is 0 Å². The second kappa shape index (κ2) is 5.12. The minimum absolute atomic E-state index is 0.0661. The molecule has 18 heavy (non-hydrogen) atoms. The number of methoxy groups -OCH3 is 1. The van der Waals surface area contributed by atoms with E-state index in [0.29, 0.717) is 5.75 Å². The van der Waals surface area contributed by atoms with Gasteiger partial charge in [-0.15, -0.1) is 0 Å². The van der Waals surface area contributed by atoms with Crippen LogP contribution in [0, 0.1) is 0 Å². The molecule has 0 spiro atoms. The highest BCUT2D eigenvalue weighted by Gasteiger charge is 2.37. The Kier molecular flexibility index (Phi) is 3.73. The lowest BCUT2D eigenvalue weighted by Gasteiger charge is -2.25. The molecular formula is C13H14BrNO3. The number of phenols is 1. The van der Waals surface area contributed by atoms with Crippen LogP contribution in [0.15, 0.2) is 21.6 Å². The molecule has 0 atom stereocenters. The third-order valence-electron chi connectivity index (χ3n) is 3.46. The summed E-state index contributed by atoms with van der Waals surface area (Å²) >= 11 is 3.42. The number of halogens is 1. The molecule has 1 aromatic rings. The zero-order valence-electron chi connectivity index (χ0n) is 10.1. The zero-order valence-corrected chi connectivity index (χ0v) is 11.7. The molecule has 0 aliphatic heterocycles. The van der Waals surface area contributed by atoms with Crippen molar-refractivity contribution < 1.29 is 14.6 Å². The van der Waals surface area contributed by atoms with E-state index in [2.05, 4.69) is 20.9 Å². The summed E-state index contributed by atoms with van der Waals surface area (Å²) in [7, 11) is 1.50. The number of nitrogens with zero attached hydrogens (tertiary/aromatic N) is 1. The fourth-order valence-corrected chi connectivity index (χ4v) is 3.25. The van der Waals surface area contributed by atoms with Gasteiger partial charge < -0.3 is 9.84 Å². The zero-order chi connectivity index (χ0) is 13.2. The van der Waals surface area contributed by atoms with Crippen molar-refractivity contribution in [3.8, 4) is 11.5 Å². The smallest absolute Gasteiger partial charge is 0.235 e. The maximum Gasteiger partial charge on any atom is 0.235 e. The van der Waals surface area contributed by atoms with Crippen LogP contribution in [-0.2, 0) is 10.3 Å². The molecule has 1 aromatic carbocycles. The fourth-order valence-electron chi connectivity index (χ4n) is 2.55. The Labute approximate surface area is 114 Å². The molecule has 5 heteroatoms. The molecule has 4 nitrogen and oxygen atoms in total. The van der Waals surface area contributed by atoms with Crippen LogP contribution in [0.1, 0.15) is 31.2 Å². The van der Waals surface area contributed by atoms with Gasteiger partial charge in [-0.2, -0.15) is 4.99 Å². The van der Waals surface area contributed by atoms with E-state index in [4.69, 9.17) is 4.74 Å². The number of isocyanates is 1. The number of benzene rings is 1. The highest BCUT2D eigenvalue weighted by atomic mass is 79.9. The lowest BCUT2D eigenvalue weighted by Crippen LogP contribution is -2.19. The molecule has 0 radical (unpaired) electrons. The van der Waals surface area contributed by atoms with E-state index in [0.717, 1.165) is 35.7 Å². The van der Waals surface area contributed by atoms with Crippen LogP contribution >= 0.6 is 15.9 Å². The summed E-state index contributed by atoms with van der Waals surface area (Å²) in [6.07, 6.45) is 5.36. The van der Waals surface area contributed by atoms with Gasteiger partial charge in [0.15, 0.2) is 11.5 Å². The topological polar surface area (TPSA) is 58.9 Å². The van der Waals surface area contributed by atoms with Crippen LogP contribution in [0.25, 0.3) is 0 Å². The molecule has 2 rings (SSSR count). The SMILES string of the molecule is COc1cc(C2(N=C=O)CCCC2)c(Br)cc1O. The quantitative estimate of drug-likeness (QED) is 0.688. The van der Waals surface area contributed by atoms with E-state index in [-0.39, 0.29) is 5.75 Å². The van der Waals surface area contributed by atoms with E-state index in [1.165, 1.54) is 7.11 Å². The predicted octanol–water partition coefficient (Wildman–Crippen LogP) is 3.27. The summed E-state index contributed by atoms with van der Waals surface area (Å²) in [6.45, 7) is 0. The van der Waals surface area contributed by atoms with E-state index >= 15 is 0 Å². The Hall–Kier alpha value is -1.32. The molecule has 0 aromatic heterocycles. The second-order valence-electron chi connectivity index (χ2n) is 4.45. The molecule has 1 saturated carbocycles. The average Bonchev–Trinajstić information content (AvgIpc) is 2.79. The standard InChI is InChI=1S/C13H14BrNO3/c1-18-12-6-9(10(14)7-11(12)17)13(15-8-16)4-2-3-5-13/h6-7,17H,2-5H2,1H3. The van der Waals surface area contributed by atoms with Crippen molar-refractivity contribution in [2.75, 3.05) is 7.11 Å². The molecular weight excluding hydrogens is 298 g/mol. The lowest BCUT2D eigenvalue weighted by molar-refractivity contribution is 0.369. The van der Waals surface area contributed by atoms with Crippen molar-refractivity contribution in [1.29, 1.82) is 0 Å². The summed E-state index contributed by atoms with van der Waals surface area (Å²) in [5.74, 6) is 0.455. The molecule has 1 aliphatic rings. The van der Waals surface area contributed by atoms with Gasteiger partial charge in [-0.25, -0.2) is 4.79 Å². The molecule has 1 fully saturated rings. The third kappa shape index (κ3) is 2.16. The van der Waals surface area contributed by atoms with Gasteiger partial charge in [-0.3, -0.25) is 0 Å². The van der Waals surface area contributed by atoms with Crippen LogP contribution in [0.4, 0.5) is 0 Å². The van der Waals surface area contributed by atoms with Crippen molar-refractivity contribution in [3.63, 3.8) is 0 Å². The summed E-state index contributed by atoms with van der Waals surface area (Å²) in [6, 6.07) is 3.32. The summed E-state index contributed by atoms with van der Waals surface area (Å²) < 4.78 is 5.85. The van der Waals surface area contributed by atoms with Gasteiger partial charge in [0.2, 0.25) is 6.08 Å². The molecule has 0 saturated heterocycles. The van der Waals surface area contributed by atoms with Gasteiger partial charge in [-0.1, -0.05) is 28.8 Å². The summed E-state index contributed by atoms with van der Waals surface area (Å²) in [5, 5.41) is 9.71. The van der Waals surface area contributed by atoms with Crippen molar-refractivity contribution >= 4 is 22.0 Å². The largest absolute Gasteiger partial charge is 0.504 e. The number of rotatable bonds is 3. The number of aliphatic imine (C=N–C) groups is 1. The number of phenolic OH excluding ortho intramolecular Hbond substituents is 1. The fraction of sp³-hybridized carbons (Fsp3) is 0.462. The first-order chi connectivity index (χ1) is 8.63. The Morgan fingerprint density at radius 3 is 2.67 bits per heavy atom. The number of aromatic hydroxyl groups is 1. The maximum atomic E-state index is 10.7. The monoisotopic (exact) mass is 311 g/mol. The Morgan fingerprint density at radius 2 is 2.11 bits per heavy atom. The van der Waals surface area contributed by atoms with Crippen molar-refractivity contribution in [2.24, 2.45) is 4.99 Å². The molecule has 0 amide bonds. The highest BCUT2D eigenvalue weighted by Crippen LogP contribution is 2.47.